The molecule has 2 fully saturated rings. The minimum atomic E-state index is 0.129. The highest BCUT2D eigenvalue weighted by Gasteiger charge is 2.39. The number of thiazole rings is 1. The molecule has 19 heavy (non-hydrogen) atoms. The Kier molecular flexibility index (Phi) is 2.64. The molecule has 100 valence electrons. The SMILES string of the molecule is Oc1ccc2nc(NC3CC4CCC3C4)sc2c1Cl. The molecule has 1 heterocycles. The van der Waals surface area contributed by atoms with E-state index in [4.69, 9.17) is 11.6 Å². The highest BCUT2D eigenvalue weighted by atomic mass is 35.5. The van der Waals surface area contributed by atoms with Gasteiger partial charge in [0.15, 0.2) is 5.13 Å². The normalized spacial score (nSPS) is 29.2. The van der Waals surface area contributed by atoms with E-state index in [-0.39, 0.29) is 5.75 Å². The van der Waals surface area contributed by atoms with Crippen LogP contribution in [-0.2, 0) is 0 Å². The molecule has 3 atom stereocenters. The van der Waals surface area contributed by atoms with Crippen molar-refractivity contribution in [2.45, 2.75) is 31.7 Å². The molecule has 3 nitrogen and oxygen atoms in total. The Morgan fingerprint density at radius 1 is 1.32 bits per heavy atom. The second-order valence-corrected chi connectivity index (χ2v) is 7.07. The first-order chi connectivity index (χ1) is 9.20. The van der Waals surface area contributed by atoms with Crippen LogP contribution >= 0.6 is 22.9 Å². The Morgan fingerprint density at radius 3 is 2.95 bits per heavy atom. The van der Waals surface area contributed by atoms with Crippen LogP contribution in [-0.4, -0.2) is 16.1 Å². The lowest BCUT2D eigenvalue weighted by Gasteiger charge is -2.22. The van der Waals surface area contributed by atoms with Crippen LogP contribution < -0.4 is 5.32 Å². The molecule has 0 amide bonds. The summed E-state index contributed by atoms with van der Waals surface area (Å²) in [6, 6.07) is 4.00. The van der Waals surface area contributed by atoms with Crippen molar-refractivity contribution in [3.8, 4) is 5.75 Å². The van der Waals surface area contributed by atoms with Crippen molar-refractivity contribution in [1.82, 2.24) is 4.98 Å². The summed E-state index contributed by atoms with van der Waals surface area (Å²) >= 11 is 7.65. The molecule has 2 aliphatic rings. The average Bonchev–Trinajstić information content (AvgIpc) is 3.08. The van der Waals surface area contributed by atoms with Crippen molar-refractivity contribution in [1.29, 1.82) is 0 Å². The maximum Gasteiger partial charge on any atom is 0.184 e. The summed E-state index contributed by atoms with van der Waals surface area (Å²) in [6.07, 6.45) is 5.42. The van der Waals surface area contributed by atoms with Crippen molar-refractivity contribution in [2.75, 3.05) is 5.32 Å². The van der Waals surface area contributed by atoms with Crippen molar-refractivity contribution in [2.24, 2.45) is 11.8 Å². The molecule has 1 aromatic carbocycles. The average molecular weight is 295 g/mol. The second kappa shape index (κ2) is 4.25. The standard InChI is InChI=1S/C14H15ClN2OS/c15-12-11(18)4-3-9-13(12)19-14(16-9)17-10-6-7-1-2-8(10)5-7/h3-4,7-8,10,18H,1-2,5-6H2,(H,16,17). The Balaban J connectivity index is 1.63. The number of phenolic OH excluding ortho intramolecular Hbond substituents is 1. The number of hydrogen-bond donors (Lipinski definition) is 2. The number of aromatic hydroxyl groups is 1. The zero-order valence-corrected chi connectivity index (χ0v) is 12.0. The molecular weight excluding hydrogens is 280 g/mol. The van der Waals surface area contributed by atoms with E-state index in [0.717, 1.165) is 27.2 Å². The fourth-order valence-electron chi connectivity index (χ4n) is 3.59. The summed E-state index contributed by atoms with van der Waals surface area (Å²) in [7, 11) is 0. The first-order valence-corrected chi connectivity index (χ1v) is 7.94. The number of anilines is 1. The fourth-order valence-corrected chi connectivity index (χ4v) is 4.83. The molecule has 0 spiro atoms. The highest BCUT2D eigenvalue weighted by molar-refractivity contribution is 7.22. The quantitative estimate of drug-likeness (QED) is 0.870. The monoisotopic (exact) mass is 294 g/mol. The predicted octanol–water partition coefficient (Wildman–Crippen LogP) is 4.26. The molecule has 3 unspecified atom stereocenters. The molecule has 2 aliphatic carbocycles. The lowest BCUT2D eigenvalue weighted by Crippen LogP contribution is -2.25. The molecule has 2 saturated carbocycles. The van der Waals surface area contributed by atoms with Crippen LogP contribution in [0.15, 0.2) is 12.1 Å². The molecule has 0 aliphatic heterocycles. The van der Waals surface area contributed by atoms with Crippen LogP contribution in [0.3, 0.4) is 0 Å². The highest BCUT2D eigenvalue weighted by Crippen LogP contribution is 2.46. The summed E-state index contributed by atoms with van der Waals surface area (Å²) < 4.78 is 0.868. The van der Waals surface area contributed by atoms with Gasteiger partial charge < -0.3 is 10.4 Å². The van der Waals surface area contributed by atoms with Gasteiger partial charge in [0, 0.05) is 6.04 Å². The summed E-state index contributed by atoms with van der Waals surface area (Å²) in [4.78, 5) is 4.57. The number of aromatic nitrogens is 1. The van der Waals surface area contributed by atoms with Gasteiger partial charge in [0.1, 0.15) is 10.8 Å². The van der Waals surface area contributed by atoms with Crippen LogP contribution in [0.1, 0.15) is 25.7 Å². The van der Waals surface area contributed by atoms with Gasteiger partial charge in [-0.15, -0.1) is 0 Å². The van der Waals surface area contributed by atoms with Crippen LogP contribution in [0.5, 0.6) is 5.75 Å². The zero-order valence-electron chi connectivity index (χ0n) is 10.4. The summed E-state index contributed by atoms with van der Waals surface area (Å²) in [6.45, 7) is 0. The van der Waals surface area contributed by atoms with Gasteiger partial charge in [-0.05, 0) is 43.2 Å². The van der Waals surface area contributed by atoms with Crippen molar-refractivity contribution in [3.63, 3.8) is 0 Å². The van der Waals surface area contributed by atoms with Crippen LogP contribution in [0, 0.1) is 11.8 Å². The van der Waals surface area contributed by atoms with Gasteiger partial charge in [-0.25, -0.2) is 4.98 Å². The number of hydrogen-bond acceptors (Lipinski definition) is 4. The Labute approximate surface area is 120 Å². The van der Waals surface area contributed by atoms with Gasteiger partial charge >= 0.3 is 0 Å². The van der Waals surface area contributed by atoms with Crippen molar-refractivity contribution in [3.05, 3.63) is 17.2 Å². The third-order valence-electron chi connectivity index (χ3n) is 4.52. The maximum atomic E-state index is 9.62. The lowest BCUT2D eigenvalue weighted by molar-refractivity contribution is 0.439. The zero-order chi connectivity index (χ0) is 13.0. The van der Waals surface area contributed by atoms with Crippen molar-refractivity contribution < 1.29 is 5.11 Å². The molecule has 1 aromatic heterocycles. The molecule has 4 rings (SSSR count). The number of phenols is 1. The molecule has 2 bridgehead atoms. The Bertz CT molecular complexity index is 642. The molecule has 2 aromatic rings. The minimum Gasteiger partial charge on any atom is -0.506 e. The summed E-state index contributed by atoms with van der Waals surface area (Å²) in [5.74, 6) is 1.87. The van der Waals surface area contributed by atoms with E-state index in [1.165, 1.54) is 37.0 Å². The van der Waals surface area contributed by atoms with Gasteiger partial charge in [0.2, 0.25) is 0 Å². The van der Waals surface area contributed by atoms with Crippen molar-refractivity contribution >= 4 is 38.3 Å². The smallest absolute Gasteiger partial charge is 0.184 e. The molecule has 2 N–H and O–H groups in total. The Hall–Kier alpha value is -1.00. The van der Waals surface area contributed by atoms with E-state index in [1.807, 2.05) is 6.07 Å². The van der Waals surface area contributed by atoms with E-state index in [1.54, 1.807) is 6.07 Å². The third-order valence-corrected chi connectivity index (χ3v) is 6.04. The van der Waals surface area contributed by atoms with Gasteiger partial charge in [-0.1, -0.05) is 29.4 Å². The van der Waals surface area contributed by atoms with E-state index in [2.05, 4.69) is 10.3 Å². The summed E-state index contributed by atoms with van der Waals surface area (Å²) in [5, 5.41) is 14.5. The Morgan fingerprint density at radius 2 is 2.21 bits per heavy atom. The van der Waals surface area contributed by atoms with Crippen LogP contribution in [0.4, 0.5) is 5.13 Å². The third kappa shape index (κ3) is 1.89. The lowest BCUT2D eigenvalue weighted by atomic mass is 9.96. The van der Waals surface area contributed by atoms with E-state index >= 15 is 0 Å². The van der Waals surface area contributed by atoms with E-state index in [9.17, 15) is 5.11 Å². The number of halogens is 1. The topological polar surface area (TPSA) is 45.2 Å². The molecular formula is C14H15ClN2OS. The van der Waals surface area contributed by atoms with Gasteiger partial charge in [-0.3, -0.25) is 0 Å². The van der Waals surface area contributed by atoms with Crippen LogP contribution in [0.25, 0.3) is 10.2 Å². The number of rotatable bonds is 2. The predicted molar refractivity (Wildman–Crippen MR) is 79.2 cm³/mol. The molecule has 0 saturated heterocycles. The first kappa shape index (κ1) is 11.8. The van der Waals surface area contributed by atoms with E-state index < -0.39 is 0 Å². The maximum absolute atomic E-state index is 9.62. The number of nitrogens with zero attached hydrogens (tertiary/aromatic N) is 1. The van der Waals surface area contributed by atoms with Gasteiger partial charge in [0.05, 0.1) is 10.2 Å². The largest absolute Gasteiger partial charge is 0.506 e. The number of fused-ring (bicyclic) bond motifs is 3. The number of nitrogens with one attached hydrogen (secondary N) is 1. The fraction of sp³-hybridized carbons (Fsp3) is 0.500. The minimum absolute atomic E-state index is 0.129. The molecule has 5 heteroatoms. The number of benzene rings is 1. The summed E-state index contributed by atoms with van der Waals surface area (Å²) in [5.41, 5.74) is 0.860. The van der Waals surface area contributed by atoms with Gasteiger partial charge in [-0.2, -0.15) is 0 Å². The van der Waals surface area contributed by atoms with Crippen LogP contribution in [0.2, 0.25) is 5.02 Å². The van der Waals surface area contributed by atoms with E-state index in [0.29, 0.717) is 11.1 Å². The molecule has 0 radical (unpaired) electrons. The van der Waals surface area contributed by atoms with Gasteiger partial charge in [0.25, 0.3) is 0 Å². The second-order valence-electron chi connectivity index (χ2n) is 5.69. The first-order valence-electron chi connectivity index (χ1n) is 6.75.